The summed E-state index contributed by atoms with van der Waals surface area (Å²) < 4.78 is 17.5. The number of fused-ring (bicyclic) bond motifs is 8. The fourth-order valence-electron chi connectivity index (χ4n) is 4.92. The van der Waals surface area contributed by atoms with E-state index >= 15 is 0 Å². The Labute approximate surface area is 152 Å². The summed E-state index contributed by atoms with van der Waals surface area (Å²) in [6.07, 6.45) is 2.79. The van der Waals surface area contributed by atoms with Crippen LogP contribution in [-0.2, 0) is 9.53 Å². The topological polar surface area (TPSA) is 44.8 Å². The zero-order chi connectivity index (χ0) is 18.0. The summed E-state index contributed by atoms with van der Waals surface area (Å²) in [6, 6.07) is 8.29. The van der Waals surface area contributed by atoms with Crippen LogP contribution in [0.1, 0.15) is 49.5 Å². The lowest BCUT2D eigenvalue weighted by Gasteiger charge is -2.28. The predicted octanol–water partition coefficient (Wildman–Crippen LogP) is 4.67. The summed E-state index contributed by atoms with van der Waals surface area (Å²) in [5.74, 6) is 2.13. The largest absolute Gasteiger partial charge is 0.496 e. The Morgan fingerprint density at radius 3 is 2.12 bits per heavy atom. The van der Waals surface area contributed by atoms with Crippen LogP contribution in [-0.4, -0.2) is 20.0 Å². The maximum Gasteiger partial charge on any atom is 0.133 e. The zero-order valence-electron chi connectivity index (χ0n) is 15.3. The molecule has 0 N–H and O–H groups in total. The quantitative estimate of drug-likeness (QED) is 0.755. The molecule has 0 radical (unpaired) electrons. The number of Topliss-reactive ketones (excluding diaryl/α,β-unsaturated/α-hetero) is 1. The van der Waals surface area contributed by atoms with E-state index in [4.69, 9.17) is 14.2 Å². The monoisotopic (exact) mass is 350 g/mol. The van der Waals surface area contributed by atoms with E-state index in [-0.39, 0.29) is 18.1 Å². The molecule has 3 aliphatic rings. The lowest BCUT2D eigenvalue weighted by molar-refractivity contribution is -0.121. The molecule has 4 heteroatoms. The zero-order valence-corrected chi connectivity index (χ0v) is 15.3. The highest BCUT2D eigenvalue weighted by Gasteiger charge is 2.47. The van der Waals surface area contributed by atoms with Gasteiger partial charge in [0.1, 0.15) is 29.5 Å². The van der Waals surface area contributed by atoms with Crippen LogP contribution in [0.3, 0.4) is 0 Å². The van der Waals surface area contributed by atoms with Gasteiger partial charge in [-0.2, -0.15) is 0 Å². The van der Waals surface area contributed by atoms with Crippen LogP contribution in [0.15, 0.2) is 35.4 Å². The summed E-state index contributed by atoms with van der Waals surface area (Å²) in [7, 11) is 3.39. The van der Waals surface area contributed by atoms with Crippen LogP contribution in [0.2, 0.25) is 0 Å². The lowest BCUT2D eigenvalue weighted by Crippen LogP contribution is -2.20. The summed E-state index contributed by atoms with van der Waals surface area (Å²) in [5, 5.41) is 2.10. The molecule has 2 aromatic rings. The summed E-state index contributed by atoms with van der Waals surface area (Å²) in [5.41, 5.74) is 5.21. The van der Waals surface area contributed by atoms with Gasteiger partial charge in [0.15, 0.2) is 0 Å². The van der Waals surface area contributed by atoms with Crippen molar-refractivity contribution in [3.05, 3.63) is 46.5 Å². The van der Waals surface area contributed by atoms with E-state index in [0.29, 0.717) is 5.78 Å². The molecule has 134 valence electrons. The molecule has 0 saturated carbocycles. The molecule has 26 heavy (non-hydrogen) atoms. The number of benzene rings is 2. The van der Waals surface area contributed by atoms with Crippen molar-refractivity contribution in [1.29, 1.82) is 0 Å². The van der Waals surface area contributed by atoms with Crippen molar-refractivity contribution in [2.75, 3.05) is 14.2 Å². The van der Waals surface area contributed by atoms with Gasteiger partial charge in [0, 0.05) is 16.7 Å². The highest BCUT2D eigenvalue weighted by molar-refractivity contribution is 5.95. The smallest absolute Gasteiger partial charge is 0.133 e. The maximum absolute atomic E-state index is 11.9. The minimum Gasteiger partial charge on any atom is -0.496 e. The third-order valence-electron chi connectivity index (χ3n) is 6.27. The average Bonchev–Trinajstić information content (AvgIpc) is 3.22. The van der Waals surface area contributed by atoms with E-state index in [1.807, 2.05) is 12.1 Å². The molecule has 5 rings (SSSR count). The minimum absolute atomic E-state index is 0.00698. The highest BCUT2D eigenvalue weighted by Crippen LogP contribution is 2.59. The molecule has 2 bridgehead atoms. The van der Waals surface area contributed by atoms with Gasteiger partial charge in [-0.1, -0.05) is 0 Å². The van der Waals surface area contributed by atoms with E-state index in [9.17, 15) is 4.79 Å². The van der Waals surface area contributed by atoms with Gasteiger partial charge in [-0.15, -0.1) is 0 Å². The van der Waals surface area contributed by atoms with E-state index in [2.05, 4.69) is 12.1 Å². The fraction of sp³-hybridized carbons (Fsp3) is 0.409. The maximum atomic E-state index is 11.9. The van der Waals surface area contributed by atoms with Crippen molar-refractivity contribution in [3.8, 4) is 11.5 Å². The molecule has 1 aliphatic carbocycles. The second-order valence-electron chi connectivity index (χ2n) is 7.49. The van der Waals surface area contributed by atoms with Gasteiger partial charge in [-0.05, 0) is 72.7 Å². The van der Waals surface area contributed by atoms with Gasteiger partial charge >= 0.3 is 0 Å². The first-order valence-corrected chi connectivity index (χ1v) is 9.18. The molecule has 2 heterocycles. The number of hydrogen-bond acceptors (Lipinski definition) is 4. The van der Waals surface area contributed by atoms with E-state index in [0.717, 1.165) is 41.5 Å². The normalized spacial score (nSPS) is 26.0. The Morgan fingerprint density at radius 2 is 1.58 bits per heavy atom. The van der Waals surface area contributed by atoms with E-state index < -0.39 is 0 Å². The van der Waals surface area contributed by atoms with Crippen LogP contribution in [0.5, 0.6) is 11.5 Å². The summed E-state index contributed by atoms with van der Waals surface area (Å²) >= 11 is 0. The van der Waals surface area contributed by atoms with Crippen molar-refractivity contribution in [2.24, 2.45) is 5.92 Å². The number of methoxy groups -OCH3 is 2. The van der Waals surface area contributed by atoms with E-state index in [1.54, 1.807) is 21.1 Å². The van der Waals surface area contributed by atoms with Crippen LogP contribution in [0.4, 0.5) is 0 Å². The molecular weight excluding hydrogens is 328 g/mol. The number of rotatable bonds is 3. The molecule has 0 aromatic heterocycles. The van der Waals surface area contributed by atoms with Crippen molar-refractivity contribution < 1.29 is 19.0 Å². The third kappa shape index (κ3) is 2.02. The standard InChI is InChI=1S/C22H22O4/c1-11(23)12-4-5-13-16(8-12)22-18-10-15-14(9-17(18)21(13)26-22)19(24-2)6-7-20(15)25-3/h6-7,9-10,12,21-22H,4-5,8H2,1-3H3. The molecule has 2 aliphatic heterocycles. The Bertz CT molecular complexity index is 972. The first-order chi connectivity index (χ1) is 12.6. The number of ether oxygens (including phenoxy) is 3. The Morgan fingerprint density at radius 1 is 1.00 bits per heavy atom. The minimum atomic E-state index is -0.00698. The summed E-state index contributed by atoms with van der Waals surface area (Å²) in [6.45, 7) is 1.71. The Balaban J connectivity index is 1.66. The average molecular weight is 350 g/mol. The second-order valence-corrected chi connectivity index (χ2v) is 7.49. The molecule has 3 unspecified atom stereocenters. The third-order valence-corrected chi connectivity index (χ3v) is 6.27. The fourth-order valence-corrected chi connectivity index (χ4v) is 4.92. The molecular formula is C22H22O4. The van der Waals surface area contributed by atoms with Gasteiger partial charge in [-0.25, -0.2) is 0 Å². The van der Waals surface area contributed by atoms with Crippen LogP contribution in [0, 0.1) is 5.92 Å². The number of carbonyl (C=O) groups is 1. The van der Waals surface area contributed by atoms with Gasteiger partial charge in [-0.3, -0.25) is 4.79 Å². The molecule has 0 amide bonds. The first-order valence-electron chi connectivity index (χ1n) is 9.18. The highest BCUT2D eigenvalue weighted by atomic mass is 16.5. The van der Waals surface area contributed by atoms with Gasteiger partial charge in [0.25, 0.3) is 0 Å². The van der Waals surface area contributed by atoms with Crippen LogP contribution < -0.4 is 9.47 Å². The van der Waals surface area contributed by atoms with Crippen LogP contribution >= 0.6 is 0 Å². The van der Waals surface area contributed by atoms with Gasteiger partial charge in [0.05, 0.1) is 14.2 Å². The molecule has 3 atom stereocenters. The summed E-state index contributed by atoms with van der Waals surface area (Å²) in [4.78, 5) is 11.9. The van der Waals surface area contributed by atoms with Crippen molar-refractivity contribution in [2.45, 2.75) is 38.4 Å². The number of ketones is 1. The molecule has 0 fully saturated rings. The van der Waals surface area contributed by atoms with Gasteiger partial charge in [0.2, 0.25) is 0 Å². The molecule has 0 spiro atoms. The van der Waals surface area contributed by atoms with E-state index in [1.165, 1.54) is 22.3 Å². The Kier molecular flexibility index (Phi) is 3.41. The van der Waals surface area contributed by atoms with Gasteiger partial charge < -0.3 is 14.2 Å². The Hall–Kier alpha value is -2.33. The molecule has 0 saturated heterocycles. The molecule has 2 aromatic carbocycles. The molecule has 4 nitrogen and oxygen atoms in total. The first kappa shape index (κ1) is 15.9. The second kappa shape index (κ2) is 5.58. The van der Waals surface area contributed by atoms with Crippen molar-refractivity contribution >= 4 is 16.6 Å². The SMILES string of the molecule is COc1ccc(OC)c2cc3c(cc12)C1OC3C2=C1CCC(C(C)=O)C2. The lowest BCUT2D eigenvalue weighted by atomic mass is 9.74. The van der Waals surface area contributed by atoms with Crippen molar-refractivity contribution in [1.82, 2.24) is 0 Å². The van der Waals surface area contributed by atoms with Crippen molar-refractivity contribution in [3.63, 3.8) is 0 Å². The number of carbonyl (C=O) groups excluding carboxylic acids is 1. The van der Waals surface area contributed by atoms with Crippen LogP contribution in [0.25, 0.3) is 10.8 Å². The number of hydrogen-bond donors (Lipinski definition) is 0. The predicted molar refractivity (Wildman–Crippen MR) is 98.7 cm³/mol.